The van der Waals surface area contributed by atoms with Crippen LogP contribution in [0.5, 0.6) is 0 Å². The van der Waals surface area contributed by atoms with E-state index >= 15 is 0 Å². The summed E-state index contributed by atoms with van der Waals surface area (Å²) < 4.78 is 7.98. The third kappa shape index (κ3) is 9.72. The second-order valence-electron chi connectivity index (χ2n) is 3.05. The molecule has 0 fully saturated rings. The van der Waals surface area contributed by atoms with Crippen LogP contribution in [0.4, 0.5) is 0 Å². The Hall–Kier alpha value is -1.49. The number of rotatable bonds is 11. The van der Waals surface area contributed by atoms with Crippen LogP contribution in [0.1, 0.15) is 6.42 Å². The van der Waals surface area contributed by atoms with Crippen LogP contribution in [-0.2, 0) is 8.95 Å². The standard InChI is InChI=1S/C4H12N4O8Si2/c9-6(10)4(1-2-15-17-7(11)12)3-5-16-18-8(13)14/h4-5H,1-3,17-18H2. The number of nitro groups is 3. The fourth-order valence-corrected chi connectivity index (χ4v) is 1.65. The van der Waals surface area contributed by atoms with Crippen molar-refractivity contribution in [2.75, 3.05) is 13.2 Å². The Balaban J connectivity index is 3.75. The Bertz CT molecular complexity index is 281. The molecule has 0 bridgehead atoms. The minimum absolute atomic E-state index is 0.0236. The van der Waals surface area contributed by atoms with E-state index in [1.807, 2.05) is 0 Å². The molecule has 0 aromatic rings. The highest BCUT2D eigenvalue weighted by Crippen LogP contribution is 1.96. The van der Waals surface area contributed by atoms with E-state index in [1.165, 1.54) is 0 Å². The topological polar surface area (TPSA) is 160 Å². The van der Waals surface area contributed by atoms with Crippen LogP contribution in [0.25, 0.3) is 0 Å². The Labute approximate surface area is 105 Å². The average molecular weight is 300 g/mol. The van der Waals surface area contributed by atoms with Gasteiger partial charge in [0, 0.05) is 18.0 Å². The Morgan fingerprint density at radius 2 is 1.72 bits per heavy atom. The molecule has 0 saturated carbocycles. The Kier molecular flexibility index (Phi) is 8.75. The lowest BCUT2D eigenvalue weighted by Crippen LogP contribution is -2.36. The zero-order valence-electron chi connectivity index (χ0n) is 9.22. The van der Waals surface area contributed by atoms with E-state index in [1.54, 1.807) is 0 Å². The second kappa shape index (κ2) is 9.53. The van der Waals surface area contributed by atoms with Crippen molar-refractivity contribution in [3.63, 3.8) is 0 Å². The van der Waals surface area contributed by atoms with Crippen LogP contribution in [0.3, 0.4) is 0 Å². The molecule has 104 valence electrons. The molecule has 0 aliphatic carbocycles. The minimum Gasteiger partial charge on any atom is -0.365 e. The molecular formula is C4H12N4O8Si2. The summed E-state index contributed by atoms with van der Waals surface area (Å²) in [6.45, 7) is -0.301. The van der Waals surface area contributed by atoms with Crippen molar-refractivity contribution in [2.24, 2.45) is 0 Å². The largest absolute Gasteiger partial charge is 0.561 e. The van der Waals surface area contributed by atoms with Crippen molar-refractivity contribution < 1.29 is 23.1 Å². The Morgan fingerprint density at radius 1 is 1.11 bits per heavy atom. The lowest BCUT2D eigenvalue weighted by Gasteiger charge is -2.09. The normalized spacial score (nSPS) is 13.3. The van der Waals surface area contributed by atoms with E-state index in [-0.39, 0.29) is 19.6 Å². The third-order valence-corrected chi connectivity index (χ3v) is 2.91. The first-order valence-corrected chi connectivity index (χ1v) is 7.15. The van der Waals surface area contributed by atoms with Crippen LogP contribution in [0, 0.1) is 30.3 Å². The smallest absolute Gasteiger partial charge is 0.365 e. The molecule has 0 aliphatic heterocycles. The van der Waals surface area contributed by atoms with Gasteiger partial charge in [0.05, 0.1) is 6.54 Å². The fourth-order valence-electron chi connectivity index (χ4n) is 0.894. The van der Waals surface area contributed by atoms with Gasteiger partial charge in [-0.05, 0) is 9.18 Å². The van der Waals surface area contributed by atoms with Crippen molar-refractivity contribution >= 4 is 19.8 Å². The van der Waals surface area contributed by atoms with Crippen molar-refractivity contribution in [1.82, 2.24) is 5.48 Å². The molecule has 0 heterocycles. The third-order valence-electron chi connectivity index (χ3n) is 1.68. The van der Waals surface area contributed by atoms with Crippen LogP contribution in [0.15, 0.2) is 0 Å². The fraction of sp³-hybridized carbons (Fsp3) is 1.00. The van der Waals surface area contributed by atoms with Crippen LogP contribution in [-0.4, -0.2) is 53.1 Å². The van der Waals surface area contributed by atoms with Crippen molar-refractivity contribution in [3.05, 3.63) is 30.3 Å². The average Bonchev–Trinajstić information content (AvgIpc) is 2.25. The Morgan fingerprint density at radius 3 is 2.22 bits per heavy atom. The highest BCUT2D eigenvalue weighted by Gasteiger charge is 2.20. The maximum Gasteiger partial charge on any atom is 0.561 e. The zero-order valence-corrected chi connectivity index (χ0v) is 12.0. The molecular weight excluding hydrogens is 288 g/mol. The van der Waals surface area contributed by atoms with Gasteiger partial charge in [-0.2, -0.15) is 0 Å². The summed E-state index contributed by atoms with van der Waals surface area (Å²) in [6, 6.07) is -1.06. The van der Waals surface area contributed by atoms with Crippen LogP contribution >= 0.6 is 0 Å². The zero-order chi connectivity index (χ0) is 14.0. The van der Waals surface area contributed by atoms with Gasteiger partial charge in [-0.15, -0.1) is 0 Å². The summed E-state index contributed by atoms with van der Waals surface area (Å²) in [5.41, 5.74) is 2.15. The molecule has 1 atom stereocenters. The summed E-state index contributed by atoms with van der Waals surface area (Å²) in [4.78, 5) is 29.9. The van der Waals surface area contributed by atoms with E-state index in [9.17, 15) is 30.3 Å². The van der Waals surface area contributed by atoms with Gasteiger partial charge in [0.1, 0.15) is 0 Å². The first-order valence-electron chi connectivity index (χ1n) is 4.73. The second-order valence-corrected chi connectivity index (χ2v) is 5.30. The number of nitrogens with zero attached hydrogens (tertiary/aromatic N) is 3. The molecule has 0 rings (SSSR count). The SMILES string of the molecule is O=[N+]([O-])[SiH2]OCCC(CNO[SiH2][N+](=O)[O-])[N+](=O)[O-]. The summed E-state index contributed by atoms with van der Waals surface area (Å²) in [6.07, 6.45) is -0.0236. The predicted molar refractivity (Wildman–Crippen MR) is 61.5 cm³/mol. The number of hydrogen-bond donors (Lipinski definition) is 1. The van der Waals surface area contributed by atoms with Gasteiger partial charge >= 0.3 is 19.8 Å². The molecule has 0 aromatic carbocycles. The quantitative estimate of drug-likeness (QED) is 0.183. The van der Waals surface area contributed by atoms with Crippen molar-refractivity contribution in [3.8, 4) is 0 Å². The predicted octanol–water partition coefficient (Wildman–Crippen LogP) is -2.89. The molecule has 12 nitrogen and oxygen atoms in total. The lowest BCUT2D eigenvalue weighted by atomic mass is 10.2. The summed E-state index contributed by atoms with van der Waals surface area (Å²) in [5, 5.41) is 30.5. The number of nitrogens with one attached hydrogen (secondary N) is 1. The number of hydroxylamine groups is 1. The highest BCUT2D eigenvalue weighted by atomic mass is 28.2. The van der Waals surface area contributed by atoms with Gasteiger partial charge in [0.15, 0.2) is 0 Å². The highest BCUT2D eigenvalue weighted by molar-refractivity contribution is 6.15. The van der Waals surface area contributed by atoms with Crippen molar-refractivity contribution in [2.45, 2.75) is 12.5 Å². The summed E-state index contributed by atoms with van der Waals surface area (Å²) >= 11 is 0. The van der Waals surface area contributed by atoms with Gasteiger partial charge in [0.25, 0.3) is 0 Å². The molecule has 0 radical (unpaired) electrons. The molecule has 1 N–H and O–H groups in total. The van der Waals surface area contributed by atoms with Gasteiger partial charge in [-0.25, -0.2) is 5.48 Å². The maximum atomic E-state index is 10.6. The maximum absolute atomic E-state index is 10.6. The van der Waals surface area contributed by atoms with E-state index in [2.05, 4.69) is 14.4 Å². The lowest BCUT2D eigenvalue weighted by molar-refractivity contribution is -0.523. The van der Waals surface area contributed by atoms with E-state index in [0.29, 0.717) is 0 Å². The van der Waals surface area contributed by atoms with E-state index in [4.69, 9.17) is 0 Å². The molecule has 18 heavy (non-hydrogen) atoms. The van der Waals surface area contributed by atoms with Gasteiger partial charge in [-0.3, -0.25) is 34.9 Å². The first kappa shape index (κ1) is 16.5. The monoisotopic (exact) mass is 300 g/mol. The van der Waals surface area contributed by atoms with Crippen LogP contribution in [0.2, 0.25) is 0 Å². The summed E-state index contributed by atoms with van der Waals surface area (Å²) in [5.74, 6) is 0. The van der Waals surface area contributed by atoms with Crippen LogP contribution < -0.4 is 5.48 Å². The van der Waals surface area contributed by atoms with Gasteiger partial charge in [0.2, 0.25) is 6.04 Å². The van der Waals surface area contributed by atoms with Gasteiger partial charge in [-0.1, -0.05) is 0 Å². The molecule has 1 unspecified atom stereocenters. The molecule has 0 aromatic heterocycles. The molecule has 14 heteroatoms. The minimum atomic E-state index is -1.98. The first-order chi connectivity index (χ1) is 8.43. The molecule has 0 amide bonds. The molecule has 0 saturated heterocycles. The van der Waals surface area contributed by atoms with Gasteiger partial charge < -0.3 is 4.43 Å². The molecule has 0 aliphatic rings. The number of hydrogen-bond acceptors (Lipinski definition) is 9. The molecule has 0 spiro atoms. The van der Waals surface area contributed by atoms with E-state index < -0.39 is 40.0 Å². The van der Waals surface area contributed by atoms with E-state index in [0.717, 1.165) is 0 Å². The summed E-state index contributed by atoms with van der Waals surface area (Å²) in [7, 11) is -3.87. The van der Waals surface area contributed by atoms with Crippen molar-refractivity contribution in [1.29, 1.82) is 0 Å².